The van der Waals surface area contributed by atoms with Gasteiger partial charge in [0.2, 0.25) is 0 Å². The molecule has 0 radical (unpaired) electrons. The quantitative estimate of drug-likeness (QED) is 0.544. The van der Waals surface area contributed by atoms with Gasteiger partial charge in [0.1, 0.15) is 13.2 Å². The summed E-state index contributed by atoms with van der Waals surface area (Å²) in [6.07, 6.45) is 3.28. The van der Waals surface area contributed by atoms with Crippen molar-refractivity contribution in [1.29, 1.82) is 0 Å². The van der Waals surface area contributed by atoms with E-state index in [9.17, 15) is 13.2 Å². The van der Waals surface area contributed by atoms with Crippen molar-refractivity contribution in [2.45, 2.75) is 24.2 Å². The molecule has 1 aliphatic heterocycles. The van der Waals surface area contributed by atoms with Crippen molar-refractivity contribution in [1.82, 2.24) is 5.32 Å². The van der Waals surface area contributed by atoms with Crippen LogP contribution in [0.15, 0.2) is 47.4 Å². The molecule has 0 atom stereocenters. The van der Waals surface area contributed by atoms with Crippen molar-refractivity contribution in [2.75, 3.05) is 37.7 Å². The molecular formula is C22H26N2O6S. The molecule has 0 unspecified atom stereocenters. The molecule has 9 heteroatoms. The van der Waals surface area contributed by atoms with E-state index in [1.54, 1.807) is 30.3 Å². The number of anilines is 1. The minimum Gasteiger partial charge on any atom is -0.486 e. The smallest absolute Gasteiger partial charge is 0.262 e. The van der Waals surface area contributed by atoms with Crippen molar-refractivity contribution in [2.24, 2.45) is 5.92 Å². The largest absolute Gasteiger partial charge is 0.486 e. The molecule has 4 rings (SSSR count). The van der Waals surface area contributed by atoms with Crippen LogP contribution in [0.25, 0.3) is 0 Å². The zero-order valence-electron chi connectivity index (χ0n) is 17.1. The number of nitrogens with one attached hydrogen (secondary N) is 2. The molecule has 1 heterocycles. The summed E-state index contributed by atoms with van der Waals surface area (Å²) in [6.45, 7) is 2.79. The normalized spacial score (nSPS) is 15.4. The van der Waals surface area contributed by atoms with Crippen LogP contribution in [-0.4, -0.2) is 47.3 Å². The highest BCUT2D eigenvalue weighted by atomic mass is 32.2. The van der Waals surface area contributed by atoms with E-state index in [1.165, 1.54) is 25.0 Å². The molecule has 1 aliphatic carbocycles. The van der Waals surface area contributed by atoms with Crippen LogP contribution in [0.3, 0.4) is 0 Å². The maximum Gasteiger partial charge on any atom is 0.262 e. The Morgan fingerprint density at radius 3 is 2.52 bits per heavy atom. The monoisotopic (exact) mass is 446 g/mol. The maximum atomic E-state index is 12.7. The average Bonchev–Trinajstić information content (AvgIpc) is 3.60. The number of hydrogen-bond donors (Lipinski definition) is 2. The number of benzene rings is 2. The van der Waals surface area contributed by atoms with Crippen LogP contribution in [0, 0.1) is 5.92 Å². The third-order valence-corrected chi connectivity index (χ3v) is 6.40. The molecule has 0 aromatic heterocycles. The van der Waals surface area contributed by atoms with E-state index < -0.39 is 10.0 Å². The molecule has 2 aromatic carbocycles. The van der Waals surface area contributed by atoms with E-state index in [4.69, 9.17) is 14.2 Å². The Balaban J connectivity index is 1.28. The van der Waals surface area contributed by atoms with Gasteiger partial charge in [0.05, 0.1) is 4.90 Å². The van der Waals surface area contributed by atoms with Crippen LogP contribution in [-0.2, 0) is 14.8 Å². The lowest BCUT2D eigenvalue weighted by molar-refractivity contribution is 0.0937. The van der Waals surface area contributed by atoms with Gasteiger partial charge in [-0.25, -0.2) is 8.42 Å². The summed E-state index contributed by atoms with van der Waals surface area (Å²) < 4.78 is 44.3. The van der Waals surface area contributed by atoms with E-state index in [2.05, 4.69) is 10.0 Å². The second kappa shape index (κ2) is 9.57. The number of rotatable bonds is 10. The first kappa shape index (κ1) is 21.5. The van der Waals surface area contributed by atoms with Crippen molar-refractivity contribution < 1.29 is 27.4 Å². The standard InChI is InChI=1S/C22H26N2O6S/c25-22(23-10-1-11-28-15-16-2-3-16)17-4-6-18(7-5-17)24-31(26,27)19-8-9-20-21(14-19)30-13-12-29-20/h4-9,14,16,24H,1-3,10-13,15H2,(H,23,25). The zero-order chi connectivity index (χ0) is 21.7. The van der Waals surface area contributed by atoms with Gasteiger partial charge >= 0.3 is 0 Å². The van der Waals surface area contributed by atoms with Crippen LogP contribution >= 0.6 is 0 Å². The zero-order valence-corrected chi connectivity index (χ0v) is 17.9. The minimum atomic E-state index is -3.80. The van der Waals surface area contributed by atoms with Gasteiger partial charge < -0.3 is 19.5 Å². The van der Waals surface area contributed by atoms with E-state index in [1.807, 2.05) is 0 Å². The van der Waals surface area contributed by atoms with Crippen molar-refractivity contribution in [3.63, 3.8) is 0 Å². The predicted octanol–water partition coefficient (Wildman–Crippen LogP) is 2.81. The number of carbonyl (C=O) groups is 1. The number of ether oxygens (including phenoxy) is 3. The highest BCUT2D eigenvalue weighted by Crippen LogP contribution is 2.32. The second-order valence-corrected chi connectivity index (χ2v) is 9.30. The Morgan fingerprint density at radius 1 is 1.03 bits per heavy atom. The molecule has 0 bridgehead atoms. The van der Waals surface area contributed by atoms with Crippen LogP contribution < -0.4 is 19.5 Å². The van der Waals surface area contributed by atoms with E-state index in [0.717, 1.165) is 18.9 Å². The summed E-state index contributed by atoms with van der Waals surface area (Å²) in [7, 11) is -3.80. The van der Waals surface area contributed by atoms with Crippen molar-refractivity contribution in [3.05, 3.63) is 48.0 Å². The first-order valence-electron chi connectivity index (χ1n) is 10.4. The molecular weight excluding hydrogens is 420 g/mol. The fourth-order valence-electron chi connectivity index (χ4n) is 3.11. The van der Waals surface area contributed by atoms with Gasteiger partial charge in [-0.1, -0.05) is 0 Å². The lowest BCUT2D eigenvalue weighted by Crippen LogP contribution is -2.25. The summed E-state index contributed by atoms with van der Waals surface area (Å²) in [5.41, 5.74) is 0.820. The summed E-state index contributed by atoms with van der Waals surface area (Å²) in [4.78, 5) is 12.3. The molecule has 1 saturated carbocycles. The maximum absolute atomic E-state index is 12.7. The minimum absolute atomic E-state index is 0.0717. The highest BCUT2D eigenvalue weighted by molar-refractivity contribution is 7.92. The van der Waals surface area contributed by atoms with Crippen LogP contribution in [0.4, 0.5) is 5.69 Å². The third kappa shape index (κ3) is 5.89. The number of sulfonamides is 1. The fraction of sp³-hybridized carbons (Fsp3) is 0.409. The lowest BCUT2D eigenvalue weighted by atomic mass is 10.2. The number of amides is 1. The third-order valence-electron chi connectivity index (χ3n) is 5.02. The summed E-state index contributed by atoms with van der Waals surface area (Å²) in [6, 6.07) is 10.8. The fourth-order valence-corrected chi connectivity index (χ4v) is 4.18. The Morgan fingerprint density at radius 2 is 1.77 bits per heavy atom. The van der Waals surface area contributed by atoms with Gasteiger partial charge in [0, 0.05) is 37.1 Å². The Bertz CT molecular complexity index is 1020. The van der Waals surface area contributed by atoms with Gasteiger partial charge in [0.15, 0.2) is 11.5 Å². The molecule has 1 fully saturated rings. The Kier molecular flexibility index (Phi) is 6.62. The predicted molar refractivity (Wildman–Crippen MR) is 115 cm³/mol. The van der Waals surface area contributed by atoms with Gasteiger partial charge in [-0.15, -0.1) is 0 Å². The molecule has 0 spiro atoms. The topological polar surface area (TPSA) is 103 Å². The van der Waals surface area contributed by atoms with Gasteiger partial charge in [-0.3, -0.25) is 9.52 Å². The number of carbonyl (C=O) groups excluding carboxylic acids is 1. The summed E-state index contributed by atoms with van der Waals surface area (Å²) in [5.74, 6) is 1.46. The first-order chi connectivity index (χ1) is 15.0. The van der Waals surface area contributed by atoms with Crippen LogP contribution in [0.1, 0.15) is 29.6 Å². The van der Waals surface area contributed by atoms with Crippen LogP contribution in [0.5, 0.6) is 11.5 Å². The first-order valence-corrected chi connectivity index (χ1v) is 11.9. The Hall–Kier alpha value is -2.78. The van der Waals surface area contributed by atoms with Crippen LogP contribution in [0.2, 0.25) is 0 Å². The molecule has 31 heavy (non-hydrogen) atoms. The number of fused-ring (bicyclic) bond motifs is 1. The SMILES string of the molecule is O=C(NCCCOCC1CC1)c1ccc(NS(=O)(=O)c2ccc3c(c2)OCCO3)cc1. The molecule has 2 aliphatic rings. The Labute approximate surface area is 181 Å². The highest BCUT2D eigenvalue weighted by Gasteiger charge is 2.21. The molecule has 166 valence electrons. The van der Waals surface area contributed by atoms with E-state index >= 15 is 0 Å². The van der Waals surface area contributed by atoms with E-state index in [-0.39, 0.29) is 10.8 Å². The van der Waals surface area contributed by atoms with Crippen molar-refractivity contribution >= 4 is 21.6 Å². The molecule has 0 saturated heterocycles. The van der Waals surface area contributed by atoms with E-state index in [0.29, 0.717) is 49.1 Å². The lowest BCUT2D eigenvalue weighted by Gasteiger charge is -2.19. The van der Waals surface area contributed by atoms with Gasteiger partial charge in [-0.05, 0) is 61.6 Å². The second-order valence-electron chi connectivity index (χ2n) is 7.62. The molecule has 2 N–H and O–H groups in total. The van der Waals surface area contributed by atoms with Gasteiger partial charge in [-0.2, -0.15) is 0 Å². The summed E-state index contributed by atoms with van der Waals surface area (Å²) >= 11 is 0. The average molecular weight is 447 g/mol. The number of hydrogen-bond acceptors (Lipinski definition) is 6. The molecule has 2 aromatic rings. The molecule has 8 nitrogen and oxygen atoms in total. The summed E-state index contributed by atoms with van der Waals surface area (Å²) in [5, 5.41) is 2.84. The van der Waals surface area contributed by atoms with Gasteiger partial charge in [0.25, 0.3) is 15.9 Å². The molecule has 1 amide bonds. The van der Waals surface area contributed by atoms with Crippen molar-refractivity contribution in [3.8, 4) is 11.5 Å².